The van der Waals surface area contributed by atoms with Gasteiger partial charge in [-0.15, -0.1) is 11.3 Å². The van der Waals surface area contributed by atoms with Gasteiger partial charge in [0.05, 0.1) is 12.0 Å². The molecule has 0 radical (unpaired) electrons. The zero-order chi connectivity index (χ0) is 16.0. The largest absolute Gasteiger partial charge is 0.391 e. The molecule has 122 valence electrons. The first kappa shape index (κ1) is 14.8. The van der Waals surface area contributed by atoms with Crippen LogP contribution in [0.1, 0.15) is 53.4 Å². The quantitative estimate of drug-likeness (QED) is 0.911. The van der Waals surface area contributed by atoms with E-state index in [-0.39, 0.29) is 17.9 Å². The maximum absolute atomic E-state index is 13.1. The van der Waals surface area contributed by atoms with Crippen molar-refractivity contribution in [3.63, 3.8) is 0 Å². The molecule has 2 aromatic heterocycles. The van der Waals surface area contributed by atoms with Gasteiger partial charge in [-0.05, 0) is 43.2 Å². The topological polar surface area (TPSA) is 79.5 Å². The third kappa shape index (κ3) is 2.57. The molecule has 3 atom stereocenters. The highest BCUT2D eigenvalue weighted by Crippen LogP contribution is 2.40. The van der Waals surface area contributed by atoms with E-state index < -0.39 is 6.10 Å². The minimum Gasteiger partial charge on any atom is -0.391 e. The number of aryl methyl sites for hydroxylation is 2. The van der Waals surface area contributed by atoms with Crippen LogP contribution in [0.2, 0.25) is 0 Å². The molecule has 1 aliphatic heterocycles. The third-order valence-electron chi connectivity index (χ3n) is 4.74. The summed E-state index contributed by atoms with van der Waals surface area (Å²) in [7, 11) is 0. The lowest BCUT2D eigenvalue weighted by molar-refractivity contribution is -0.134. The standard InChI is InChI=1S/C16H19N3O3S/c1-9-17-15(22-18-9)13-7-10(20)8-19(13)16(21)12-3-2-4-14-11(12)5-6-23-14/h5-6,10,12-13,20H,2-4,7-8H2,1H3/t10-,12+,13-/m1/s1. The number of fused-ring (bicyclic) bond motifs is 1. The zero-order valence-corrected chi connectivity index (χ0v) is 13.8. The van der Waals surface area contributed by atoms with E-state index in [4.69, 9.17) is 4.52 Å². The average molecular weight is 333 g/mol. The fourth-order valence-electron chi connectivity index (χ4n) is 3.68. The number of rotatable bonds is 2. The van der Waals surface area contributed by atoms with E-state index in [1.165, 1.54) is 4.88 Å². The Balaban J connectivity index is 1.62. The molecule has 1 saturated heterocycles. The molecule has 6 nitrogen and oxygen atoms in total. The van der Waals surface area contributed by atoms with Crippen molar-refractivity contribution in [2.45, 2.75) is 50.7 Å². The number of nitrogens with zero attached hydrogens (tertiary/aromatic N) is 3. The number of likely N-dealkylation sites (tertiary alicyclic amines) is 1. The Bertz CT molecular complexity index is 726. The molecule has 1 N–H and O–H groups in total. The lowest BCUT2D eigenvalue weighted by Crippen LogP contribution is -2.36. The van der Waals surface area contributed by atoms with Gasteiger partial charge < -0.3 is 14.5 Å². The molecule has 23 heavy (non-hydrogen) atoms. The number of hydrogen-bond acceptors (Lipinski definition) is 6. The molecule has 0 bridgehead atoms. The Morgan fingerprint density at radius 2 is 2.39 bits per heavy atom. The number of amides is 1. The average Bonchev–Trinajstić information content (AvgIpc) is 3.24. The summed E-state index contributed by atoms with van der Waals surface area (Å²) in [6.45, 7) is 2.09. The predicted octanol–water partition coefficient (Wildman–Crippen LogP) is 2.19. The second-order valence-corrected chi connectivity index (χ2v) is 7.32. The van der Waals surface area contributed by atoms with E-state index >= 15 is 0 Å². The summed E-state index contributed by atoms with van der Waals surface area (Å²) >= 11 is 1.73. The highest BCUT2D eigenvalue weighted by atomic mass is 32.1. The van der Waals surface area contributed by atoms with Crippen LogP contribution in [0, 0.1) is 6.92 Å². The number of aliphatic hydroxyl groups excluding tert-OH is 1. The first-order valence-electron chi connectivity index (χ1n) is 7.98. The molecule has 0 spiro atoms. The summed E-state index contributed by atoms with van der Waals surface area (Å²) < 4.78 is 5.25. The highest BCUT2D eigenvalue weighted by molar-refractivity contribution is 7.10. The fraction of sp³-hybridized carbons (Fsp3) is 0.562. The number of aliphatic hydroxyl groups is 1. The van der Waals surface area contributed by atoms with Gasteiger partial charge >= 0.3 is 0 Å². The van der Waals surface area contributed by atoms with Gasteiger partial charge in [0.25, 0.3) is 0 Å². The summed E-state index contributed by atoms with van der Waals surface area (Å²) in [5.41, 5.74) is 1.16. The molecule has 3 heterocycles. The normalized spacial score (nSPS) is 27.2. The van der Waals surface area contributed by atoms with Crippen LogP contribution in [0.4, 0.5) is 0 Å². The molecular formula is C16H19N3O3S. The Kier molecular flexibility index (Phi) is 3.69. The first-order valence-corrected chi connectivity index (χ1v) is 8.86. The fourth-order valence-corrected chi connectivity index (χ4v) is 4.67. The van der Waals surface area contributed by atoms with Crippen molar-refractivity contribution in [2.24, 2.45) is 0 Å². The van der Waals surface area contributed by atoms with Crippen LogP contribution in [0.25, 0.3) is 0 Å². The van der Waals surface area contributed by atoms with Gasteiger partial charge in [0.15, 0.2) is 5.82 Å². The predicted molar refractivity (Wildman–Crippen MR) is 84.1 cm³/mol. The molecule has 2 aromatic rings. The Morgan fingerprint density at radius 3 is 3.17 bits per heavy atom. The van der Waals surface area contributed by atoms with Crippen LogP contribution in [-0.2, 0) is 11.2 Å². The molecule has 7 heteroatoms. The molecule has 0 aromatic carbocycles. The van der Waals surface area contributed by atoms with E-state index in [1.54, 1.807) is 23.2 Å². The molecule has 1 fully saturated rings. The van der Waals surface area contributed by atoms with Crippen LogP contribution >= 0.6 is 11.3 Å². The van der Waals surface area contributed by atoms with Gasteiger partial charge in [0, 0.05) is 17.8 Å². The summed E-state index contributed by atoms with van der Waals surface area (Å²) in [4.78, 5) is 20.4. The second-order valence-electron chi connectivity index (χ2n) is 6.32. The van der Waals surface area contributed by atoms with Crippen molar-refractivity contribution < 1.29 is 14.4 Å². The maximum atomic E-state index is 13.1. The SMILES string of the molecule is Cc1noc([C@H]2C[C@@H](O)CN2C(=O)[C@H]2CCCc3sccc32)n1. The lowest BCUT2D eigenvalue weighted by atomic mass is 9.86. The summed E-state index contributed by atoms with van der Waals surface area (Å²) in [5, 5.41) is 15.9. The van der Waals surface area contributed by atoms with Gasteiger partial charge in [0.2, 0.25) is 11.8 Å². The summed E-state index contributed by atoms with van der Waals surface area (Å²) in [5.74, 6) is 0.934. The number of carbonyl (C=O) groups is 1. The zero-order valence-electron chi connectivity index (χ0n) is 12.9. The van der Waals surface area contributed by atoms with Crippen LogP contribution < -0.4 is 0 Å². The Hall–Kier alpha value is -1.73. The maximum Gasteiger partial charge on any atom is 0.249 e. The van der Waals surface area contributed by atoms with Gasteiger partial charge in [-0.2, -0.15) is 4.98 Å². The monoisotopic (exact) mass is 333 g/mol. The van der Waals surface area contributed by atoms with E-state index in [0.29, 0.717) is 24.7 Å². The Morgan fingerprint density at radius 1 is 1.52 bits per heavy atom. The number of thiophene rings is 1. The van der Waals surface area contributed by atoms with Crippen LogP contribution in [0.15, 0.2) is 16.0 Å². The van der Waals surface area contributed by atoms with Crippen molar-refractivity contribution in [3.05, 3.63) is 33.6 Å². The molecule has 1 amide bonds. The molecule has 2 aliphatic rings. The second kappa shape index (κ2) is 5.72. The smallest absolute Gasteiger partial charge is 0.249 e. The van der Waals surface area contributed by atoms with Gasteiger partial charge in [-0.3, -0.25) is 4.79 Å². The molecule has 0 saturated carbocycles. The minimum atomic E-state index is -0.540. The number of hydrogen-bond donors (Lipinski definition) is 1. The molecule has 1 aliphatic carbocycles. The number of aromatic nitrogens is 2. The van der Waals surface area contributed by atoms with Crippen molar-refractivity contribution in [3.8, 4) is 0 Å². The van der Waals surface area contributed by atoms with E-state index in [1.807, 2.05) is 0 Å². The van der Waals surface area contributed by atoms with E-state index in [9.17, 15) is 9.90 Å². The molecule has 0 unspecified atom stereocenters. The number of carbonyl (C=O) groups excluding carboxylic acids is 1. The summed E-state index contributed by atoms with van der Waals surface area (Å²) in [6.07, 6.45) is 2.87. The number of β-amino-alcohol motifs (C(OH)–C–C–N with tert-alkyl or cyclic N) is 1. The lowest BCUT2D eigenvalue weighted by Gasteiger charge is -2.29. The van der Waals surface area contributed by atoms with E-state index in [0.717, 1.165) is 24.8 Å². The van der Waals surface area contributed by atoms with Crippen LogP contribution in [0.5, 0.6) is 0 Å². The third-order valence-corrected chi connectivity index (χ3v) is 5.74. The van der Waals surface area contributed by atoms with Gasteiger partial charge in [-0.25, -0.2) is 0 Å². The van der Waals surface area contributed by atoms with Gasteiger partial charge in [-0.1, -0.05) is 5.16 Å². The van der Waals surface area contributed by atoms with Crippen LogP contribution in [-0.4, -0.2) is 38.7 Å². The summed E-state index contributed by atoms with van der Waals surface area (Å²) in [6, 6.07) is 1.75. The Labute approximate surface area is 138 Å². The molecular weight excluding hydrogens is 314 g/mol. The van der Waals surface area contributed by atoms with Crippen molar-refractivity contribution in [2.75, 3.05) is 6.54 Å². The van der Waals surface area contributed by atoms with E-state index in [2.05, 4.69) is 21.6 Å². The van der Waals surface area contributed by atoms with Crippen LogP contribution in [0.3, 0.4) is 0 Å². The highest BCUT2D eigenvalue weighted by Gasteiger charge is 2.42. The minimum absolute atomic E-state index is 0.0711. The molecule has 4 rings (SSSR count). The van der Waals surface area contributed by atoms with Crippen molar-refractivity contribution >= 4 is 17.2 Å². The van der Waals surface area contributed by atoms with Crippen molar-refractivity contribution in [1.82, 2.24) is 15.0 Å². The first-order chi connectivity index (χ1) is 11.1. The van der Waals surface area contributed by atoms with Crippen molar-refractivity contribution in [1.29, 1.82) is 0 Å². The van der Waals surface area contributed by atoms with Gasteiger partial charge in [0.1, 0.15) is 6.04 Å².